The van der Waals surface area contributed by atoms with Crippen LogP contribution in [0.15, 0.2) is 67.0 Å². The van der Waals surface area contributed by atoms with E-state index >= 15 is 0 Å². The zero-order valence-corrected chi connectivity index (χ0v) is 15.0. The number of imidazole rings is 1. The van der Waals surface area contributed by atoms with Crippen LogP contribution in [0.4, 0.5) is 10.5 Å². The molecule has 27 heavy (non-hydrogen) atoms. The zero-order chi connectivity index (χ0) is 18.6. The number of carbonyl (C=O) groups excluding carboxylic acids is 1. The molecule has 0 saturated carbocycles. The third kappa shape index (κ3) is 3.79. The highest BCUT2D eigenvalue weighted by molar-refractivity contribution is 5.89. The highest BCUT2D eigenvalue weighted by Gasteiger charge is 2.25. The van der Waals surface area contributed by atoms with Crippen molar-refractivity contribution in [2.24, 2.45) is 0 Å². The number of para-hydroxylation sites is 1. The first-order chi connectivity index (χ1) is 13.2. The SMILES string of the molecule is O=C(Nc1ccccc1)N1CCC(n2ccnc2-c2cccc(O)c2)CC1. The summed E-state index contributed by atoms with van der Waals surface area (Å²) in [6.45, 7) is 1.39. The van der Waals surface area contributed by atoms with Crippen LogP contribution in [0.5, 0.6) is 5.75 Å². The lowest BCUT2D eigenvalue weighted by molar-refractivity contribution is 0.184. The van der Waals surface area contributed by atoms with Crippen molar-refractivity contribution >= 4 is 11.7 Å². The van der Waals surface area contributed by atoms with Crippen LogP contribution >= 0.6 is 0 Å². The molecule has 1 aromatic heterocycles. The Morgan fingerprint density at radius 3 is 2.59 bits per heavy atom. The number of hydrogen-bond donors (Lipinski definition) is 2. The maximum Gasteiger partial charge on any atom is 0.321 e. The number of carbonyl (C=O) groups is 1. The Morgan fingerprint density at radius 1 is 1.07 bits per heavy atom. The molecule has 3 aromatic rings. The number of likely N-dealkylation sites (tertiary alicyclic amines) is 1. The molecule has 0 aliphatic carbocycles. The van der Waals surface area contributed by atoms with Gasteiger partial charge in [-0.3, -0.25) is 0 Å². The number of hydrogen-bond acceptors (Lipinski definition) is 3. The number of anilines is 1. The smallest absolute Gasteiger partial charge is 0.321 e. The Hall–Kier alpha value is -3.28. The van der Waals surface area contributed by atoms with E-state index in [9.17, 15) is 9.90 Å². The van der Waals surface area contributed by atoms with Crippen LogP contribution in [0.3, 0.4) is 0 Å². The fourth-order valence-electron chi connectivity index (χ4n) is 3.55. The molecule has 2 amide bonds. The largest absolute Gasteiger partial charge is 0.508 e. The summed E-state index contributed by atoms with van der Waals surface area (Å²) in [6, 6.07) is 16.9. The van der Waals surface area contributed by atoms with Gasteiger partial charge in [-0.15, -0.1) is 0 Å². The molecular formula is C21H22N4O2. The van der Waals surface area contributed by atoms with Gasteiger partial charge in [0.15, 0.2) is 0 Å². The van der Waals surface area contributed by atoms with Gasteiger partial charge in [0, 0.05) is 42.8 Å². The monoisotopic (exact) mass is 362 g/mol. The summed E-state index contributed by atoms with van der Waals surface area (Å²) in [4.78, 5) is 18.8. The number of rotatable bonds is 3. The average molecular weight is 362 g/mol. The van der Waals surface area contributed by atoms with Crippen LogP contribution in [0.2, 0.25) is 0 Å². The molecule has 1 aliphatic heterocycles. The molecule has 2 aromatic carbocycles. The number of phenolic OH excluding ortho intramolecular Hbond substituents is 1. The first-order valence-electron chi connectivity index (χ1n) is 9.14. The average Bonchev–Trinajstić information content (AvgIpc) is 3.19. The van der Waals surface area contributed by atoms with E-state index in [4.69, 9.17) is 0 Å². The summed E-state index contributed by atoms with van der Waals surface area (Å²) < 4.78 is 2.15. The van der Waals surface area contributed by atoms with Crippen molar-refractivity contribution in [1.29, 1.82) is 0 Å². The summed E-state index contributed by atoms with van der Waals surface area (Å²) in [5, 5.41) is 12.7. The van der Waals surface area contributed by atoms with Gasteiger partial charge >= 0.3 is 6.03 Å². The number of nitrogens with one attached hydrogen (secondary N) is 1. The Morgan fingerprint density at radius 2 is 1.85 bits per heavy atom. The summed E-state index contributed by atoms with van der Waals surface area (Å²) >= 11 is 0. The lowest BCUT2D eigenvalue weighted by atomic mass is 10.0. The third-order valence-electron chi connectivity index (χ3n) is 4.94. The van der Waals surface area contributed by atoms with Crippen LogP contribution in [0.25, 0.3) is 11.4 Å². The maximum atomic E-state index is 12.5. The van der Waals surface area contributed by atoms with Crippen LogP contribution in [0.1, 0.15) is 18.9 Å². The maximum absolute atomic E-state index is 12.5. The minimum atomic E-state index is -0.0570. The van der Waals surface area contributed by atoms with E-state index in [0.29, 0.717) is 13.1 Å². The standard InChI is InChI=1S/C21H22N4O2/c26-19-8-4-5-16(15-19)20-22-11-14-25(20)18-9-12-24(13-10-18)21(27)23-17-6-2-1-3-7-17/h1-8,11,14-15,18,26H,9-10,12-13H2,(H,23,27). The van der Waals surface area contributed by atoms with E-state index in [1.54, 1.807) is 18.3 Å². The van der Waals surface area contributed by atoms with E-state index < -0.39 is 0 Å². The Kier molecular flexibility index (Phi) is 4.78. The second kappa shape index (κ2) is 7.53. The molecule has 138 valence electrons. The van der Waals surface area contributed by atoms with Crippen LogP contribution in [0, 0.1) is 0 Å². The van der Waals surface area contributed by atoms with Crippen molar-refractivity contribution in [2.75, 3.05) is 18.4 Å². The Bertz CT molecular complexity index is 915. The molecule has 2 heterocycles. The highest BCUT2D eigenvalue weighted by Crippen LogP contribution is 2.29. The molecule has 0 unspecified atom stereocenters. The number of aromatic nitrogens is 2. The van der Waals surface area contributed by atoms with Gasteiger partial charge in [0.2, 0.25) is 0 Å². The predicted molar refractivity (Wildman–Crippen MR) is 105 cm³/mol. The van der Waals surface area contributed by atoms with Gasteiger partial charge in [0.1, 0.15) is 11.6 Å². The minimum absolute atomic E-state index is 0.0570. The number of piperidine rings is 1. The van der Waals surface area contributed by atoms with Gasteiger partial charge in [-0.2, -0.15) is 0 Å². The molecule has 6 nitrogen and oxygen atoms in total. The molecule has 0 bridgehead atoms. The molecule has 2 N–H and O–H groups in total. The van der Waals surface area contributed by atoms with E-state index in [0.717, 1.165) is 29.9 Å². The zero-order valence-electron chi connectivity index (χ0n) is 15.0. The molecule has 0 atom stereocenters. The van der Waals surface area contributed by atoms with E-state index in [1.165, 1.54) is 0 Å². The van der Waals surface area contributed by atoms with Crippen LogP contribution < -0.4 is 5.32 Å². The van der Waals surface area contributed by atoms with Crippen molar-refractivity contribution < 1.29 is 9.90 Å². The minimum Gasteiger partial charge on any atom is -0.508 e. The Labute approximate surface area is 158 Å². The van der Waals surface area contributed by atoms with E-state index in [-0.39, 0.29) is 17.8 Å². The fourth-order valence-corrected chi connectivity index (χ4v) is 3.55. The van der Waals surface area contributed by atoms with Crippen LogP contribution in [-0.4, -0.2) is 38.7 Å². The number of nitrogens with zero attached hydrogens (tertiary/aromatic N) is 3. The molecule has 0 spiro atoms. The topological polar surface area (TPSA) is 70.4 Å². The summed E-state index contributed by atoms with van der Waals surface area (Å²) in [7, 11) is 0. The van der Waals surface area contributed by atoms with Crippen molar-refractivity contribution in [2.45, 2.75) is 18.9 Å². The third-order valence-corrected chi connectivity index (χ3v) is 4.94. The van der Waals surface area contributed by atoms with Crippen LogP contribution in [-0.2, 0) is 0 Å². The highest BCUT2D eigenvalue weighted by atomic mass is 16.3. The van der Waals surface area contributed by atoms with Crippen molar-refractivity contribution in [1.82, 2.24) is 14.5 Å². The quantitative estimate of drug-likeness (QED) is 0.736. The van der Waals surface area contributed by atoms with E-state index in [2.05, 4.69) is 14.9 Å². The Balaban J connectivity index is 1.42. The normalized spacial score (nSPS) is 14.9. The molecule has 1 fully saturated rings. The molecular weight excluding hydrogens is 340 g/mol. The summed E-state index contributed by atoms with van der Waals surface area (Å²) in [5.74, 6) is 1.08. The number of benzene rings is 2. The first-order valence-corrected chi connectivity index (χ1v) is 9.14. The molecule has 1 aliphatic rings. The molecule has 0 radical (unpaired) electrons. The molecule has 1 saturated heterocycles. The lowest BCUT2D eigenvalue weighted by Gasteiger charge is -2.33. The summed E-state index contributed by atoms with van der Waals surface area (Å²) in [6.07, 6.45) is 5.49. The molecule has 4 rings (SSSR count). The van der Waals surface area contributed by atoms with Gasteiger partial charge in [0.05, 0.1) is 0 Å². The van der Waals surface area contributed by atoms with Crippen molar-refractivity contribution in [3.05, 3.63) is 67.0 Å². The van der Waals surface area contributed by atoms with Crippen molar-refractivity contribution in [3.8, 4) is 17.1 Å². The summed E-state index contributed by atoms with van der Waals surface area (Å²) in [5.41, 5.74) is 1.70. The van der Waals surface area contributed by atoms with Gasteiger partial charge in [0.25, 0.3) is 0 Å². The van der Waals surface area contributed by atoms with Gasteiger partial charge in [-0.05, 0) is 37.1 Å². The van der Waals surface area contributed by atoms with Gasteiger partial charge in [-0.1, -0.05) is 30.3 Å². The van der Waals surface area contributed by atoms with Gasteiger partial charge in [-0.25, -0.2) is 9.78 Å². The van der Waals surface area contributed by atoms with Gasteiger partial charge < -0.3 is 19.9 Å². The fraction of sp³-hybridized carbons (Fsp3) is 0.238. The number of urea groups is 1. The predicted octanol–water partition coefficient (Wildman–Crippen LogP) is 4.12. The number of amides is 2. The number of phenols is 1. The lowest BCUT2D eigenvalue weighted by Crippen LogP contribution is -2.41. The first kappa shape index (κ1) is 17.1. The second-order valence-corrected chi connectivity index (χ2v) is 6.72. The van der Waals surface area contributed by atoms with Crippen molar-refractivity contribution in [3.63, 3.8) is 0 Å². The molecule has 6 heteroatoms. The number of aromatic hydroxyl groups is 1. The second-order valence-electron chi connectivity index (χ2n) is 6.72. The van der Waals surface area contributed by atoms with E-state index in [1.807, 2.05) is 53.6 Å².